The lowest BCUT2D eigenvalue weighted by atomic mass is 9.95. The van der Waals surface area contributed by atoms with E-state index in [-0.39, 0.29) is 12.1 Å². The number of nitrogens with one attached hydrogen (secondary N) is 1. The number of aryl methyl sites for hydroxylation is 2. The minimum atomic E-state index is -0.164. The second-order valence-corrected chi connectivity index (χ2v) is 10.1. The van der Waals surface area contributed by atoms with Crippen molar-refractivity contribution < 1.29 is 4.79 Å². The Morgan fingerprint density at radius 2 is 1.73 bits per heavy atom. The van der Waals surface area contributed by atoms with Crippen LogP contribution in [0.25, 0.3) is 5.00 Å². The van der Waals surface area contributed by atoms with Gasteiger partial charge in [-0.25, -0.2) is 4.79 Å². The number of urea groups is 1. The van der Waals surface area contributed by atoms with E-state index in [1.165, 1.54) is 39.4 Å². The van der Waals surface area contributed by atoms with E-state index in [2.05, 4.69) is 59.4 Å². The Labute approximate surface area is 198 Å². The van der Waals surface area contributed by atoms with Gasteiger partial charge in [-0.1, -0.05) is 48.0 Å². The third-order valence-corrected chi connectivity index (χ3v) is 8.19. The highest BCUT2D eigenvalue weighted by molar-refractivity contribution is 7.15. The lowest BCUT2D eigenvalue weighted by Gasteiger charge is -2.31. The Morgan fingerprint density at radius 1 is 0.939 bits per heavy atom. The van der Waals surface area contributed by atoms with Crippen molar-refractivity contribution in [2.45, 2.75) is 45.2 Å². The largest absolute Gasteiger partial charge is 0.322 e. The highest BCUT2D eigenvalue weighted by Crippen LogP contribution is 2.44. The molecule has 2 aromatic heterocycles. The van der Waals surface area contributed by atoms with Gasteiger partial charge in [-0.2, -0.15) is 0 Å². The van der Waals surface area contributed by atoms with Crippen molar-refractivity contribution in [2.24, 2.45) is 0 Å². The van der Waals surface area contributed by atoms with Crippen LogP contribution in [-0.2, 0) is 19.4 Å². The molecule has 0 spiro atoms. The number of amides is 2. The van der Waals surface area contributed by atoms with Crippen LogP contribution < -0.4 is 5.32 Å². The number of thiophene rings is 1. The van der Waals surface area contributed by atoms with Gasteiger partial charge in [0.2, 0.25) is 0 Å². The molecule has 6 rings (SSSR count). The number of carbonyl (C=O) groups is 1. The number of benzene rings is 2. The smallest absolute Gasteiger partial charge is 0.310 e. The molecule has 2 aromatic carbocycles. The molecule has 1 unspecified atom stereocenters. The molecule has 5 heteroatoms. The maximum Gasteiger partial charge on any atom is 0.322 e. The molecule has 1 atom stereocenters. The molecule has 33 heavy (non-hydrogen) atoms. The zero-order valence-corrected chi connectivity index (χ0v) is 19.6. The van der Waals surface area contributed by atoms with Crippen LogP contribution in [0.5, 0.6) is 0 Å². The van der Waals surface area contributed by atoms with Gasteiger partial charge in [0.25, 0.3) is 0 Å². The van der Waals surface area contributed by atoms with Crippen molar-refractivity contribution in [3.8, 4) is 5.00 Å². The summed E-state index contributed by atoms with van der Waals surface area (Å²) in [6, 6.07) is 22.4. The summed E-state index contributed by atoms with van der Waals surface area (Å²) < 4.78 is 2.33. The second kappa shape index (κ2) is 8.23. The van der Waals surface area contributed by atoms with Gasteiger partial charge < -0.3 is 14.8 Å². The maximum atomic E-state index is 13.8. The Hall–Kier alpha value is -3.31. The third kappa shape index (κ3) is 3.57. The first kappa shape index (κ1) is 20.3. The van der Waals surface area contributed by atoms with Crippen molar-refractivity contribution in [2.75, 3.05) is 5.32 Å². The topological polar surface area (TPSA) is 37.3 Å². The van der Waals surface area contributed by atoms with Crippen molar-refractivity contribution in [3.05, 3.63) is 106 Å². The Kier molecular flexibility index (Phi) is 5.07. The predicted molar refractivity (Wildman–Crippen MR) is 134 cm³/mol. The van der Waals surface area contributed by atoms with E-state index < -0.39 is 0 Å². The SMILES string of the molecule is Cc1ccc(C2c3cccn3-c3sc4c(c3CN2C(=O)Nc2ccccc2)CCCC4)cc1. The van der Waals surface area contributed by atoms with Gasteiger partial charge in [0, 0.05) is 22.3 Å². The number of fused-ring (bicyclic) bond motifs is 5. The van der Waals surface area contributed by atoms with E-state index in [0.29, 0.717) is 6.54 Å². The number of aromatic nitrogens is 1. The number of rotatable bonds is 2. The van der Waals surface area contributed by atoms with Crippen LogP contribution in [0.15, 0.2) is 72.9 Å². The van der Waals surface area contributed by atoms with Gasteiger partial charge in [-0.3, -0.25) is 0 Å². The van der Waals surface area contributed by atoms with E-state index in [0.717, 1.165) is 29.8 Å². The lowest BCUT2D eigenvalue weighted by molar-refractivity contribution is 0.194. The minimum Gasteiger partial charge on any atom is -0.310 e. The number of hydrogen-bond donors (Lipinski definition) is 1. The first-order valence-corrected chi connectivity index (χ1v) is 12.5. The van der Waals surface area contributed by atoms with Crippen LogP contribution in [-0.4, -0.2) is 15.5 Å². The Balaban J connectivity index is 1.51. The number of nitrogens with zero attached hydrogens (tertiary/aromatic N) is 2. The van der Waals surface area contributed by atoms with Crippen LogP contribution in [0.3, 0.4) is 0 Å². The Morgan fingerprint density at radius 3 is 2.55 bits per heavy atom. The molecule has 0 fully saturated rings. The van der Waals surface area contributed by atoms with Crippen molar-refractivity contribution in [1.82, 2.24) is 9.47 Å². The highest BCUT2D eigenvalue weighted by atomic mass is 32.1. The van der Waals surface area contributed by atoms with Crippen LogP contribution in [0.1, 0.15) is 51.7 Å². The van der Waals surface area contributed by atoms with Crippen LogP contribution in [0.4, 0.5) is 10.5 Å². The summed E-state index contributed by atoms with van der Waals surface area (Å²) in [5, 5.41) is 4.44. The average Bonchev–Trinajstić information content (AvgIpc) is 3.42. The standard InChI is InChI=1S/C28H27N3OS/c1-19-13-15-20(16-14-19)26-24-11-7-17-30(24)27-23(22-10-5-6-12-25(22)33-27)18-31(26)28(32)29-21-8-3-2-4-9-21/h2-4,7-9,11,13-17,26H,5-6,10,12,18H2,1H3,(H,29,32). The molecule has 166 valence electrons. The quantitative estimate of drug-likeness (QED) is 0.354. The summed E-state index contributed by atoms with van der Waals surface area (Å²) in [6.45, 7) is 2.71. The predicted octanol–water partition coefficient (Wildman–Crippen LogP) is 6.86. The lowest BCUT2D eigenvalue weighted by Crippen LogP contribution is -2.38. The van der Waals surface area contributed by atoms with Crippen LogP contribution in [0, 0.1) is 6.92 Å². The van der Waals surface area contributed by atoms with E-state index in [9.17, 15) is 4.79 Å². The molecule has 0 bridgehead atoms. The summed E-state index contributed by atoms with van der Waals surface area (Å²) in [7, 11) is 0. The first-order chi connectivity index (χ1) is 16.2. The molecule has 1 N–H and O–H groups in total. The monoisotopic (exact) mass is 453 g/mol. The first-order valence-electron chi connectivity index (χ1n) is 11.7. The summed E-state index contributed by atoms with van der Waals surface area (Å²) in [4.78, 5) is 17.3. The number of anilines is 1. The molecule has 2 amide bonds. The number of carbonyl (C=O) groups excluding carboxylic acids is 1. The van der Waals surface area contributed by atoms with Gasteiger partial charge in [0.15, 0.2) is 0 Å². The normalized spacial score (nSPS) is 17.0. The van der Waals surface area contributed by atoms with Crippen LogP contribution >= 0.6 is 11.3 Å². The van der Waals surface area contributed by atoms with Crippen molar-refractivity contribution in [1.29, 1.82) is 0 Å². The van der Waals surface area contributed by atoms with Crippen molar-refractivity contribution in [3.63, 3.8) is 0 Å². The number of para-hydroxylation sites is 1. The van der Waals surface area contributed by atoms with Crippen molar-refractivity contribution >= 4 is 23.1 Å². The zero-order chi connectivity index (χ0) is 22.4. The summed E-state index contributed by atoms with van der Waals surface area (Å²) in [5.74, 6) is 0. The molecule has 3 heterocycles. The molecule has 4 aromatic rings. The summed E-state index contributed by atoms with van der Waals surface area (Å²) >= 11 is 1.92. The van der Waals surface area contributed by atoms with E-state index in [1.807, 2.05) is 46.6 Å². The van der Waals surface area contributed by atoms with E-state index in [1.54, 1.807) is 0 Å². The fraction of sp³-hybridized carbons (Fsp3) is 0.250. The van der Waals surface area contributed by atoms with Crippen LogP contribution in [0.2, 0.25) is 0 Å². The van der Waals surface area contributed by atoms with Gasteiger partial charge >= 0.3 is 6.03 Å². The van der Waals surface area contributed by atoms with Gasteiger partial charge in [0.1, 0.15) is 5.00 Å². The molecular weight excluding hydrogens is 426 g/mol. The third-order valence-electron chi connectivity index (χ3n) is 6.86. The molecule has 4 nitrogen and oxygen atoms in total. The summed E-state index contributed by atoms with van der Waals surface area (Å²) in [5.41, 5.74) is 7.11. The minimum absolute atomic E-state index is 0.0665. The Bertz CT molecular complexity index is 1300. The summed E-state index contributed by atoms with van der Waals surface area (Å²) in [6.07, 6.45) is 6.92. The zero-order valence-electron chi connectivity index (χ0n) is 18.8. The fourth-order valence-corrected chi connectivity index (χ4v) is 6.61. The fourth-order valence-electron chi connectivity index (χ4n) is 5.20. The molecule has 0 saturated heterocycles. The maximum absolute atomic E-state index is 13.8. The van der Waals surface area contributed by atoms with E-state index in [4.69, 9.17) is 0 Å². The molecule has 2 aliphatic rings. The molecule has 1 aliphatic heterocycles. The molecule has 0 radical (unpaired) electrons. The highest BCUT2D eigenvalue weighted by Gasteiger charge is 2.36. The van der Waals surface area contributed by atoms with Gasteiger partial charge in [-0.15, -0.1) is 11.3 Å². The van der Waals surface area contributed by atoms with Gasteiger partial charge in [-0.05, 0) is 68.0 Å². The molecule has 1 aliphatic carbocycles. The van der Waals surface area contributed by atoms with Gasteiger partial charge in [0.05, 0.1) is 18.3 Å². The average molecular weight is 454 g/mol. The molecular formula is C28H27N3OS. The second-order valence-electron chi connectivity index (χ2n) is 9.03. The van der Waals surface area contributed by atoms with E-state index >= 15 is 0 Å². The number of hydrogen-bond acceptors (Lipinski definition) is 2. The molecule has 0 saturated carbocycles.